The largest absolute Gasteiger partial charge is 0.352 e. The van der Waals surface area contributed by atoms with Crippen LogP contribution in [0.1, 0.15) is 37.0 Å². The van der Waals surface area contributed by atoms with E-state index in [0.29, 0.717) is 17.1 Å². The van der Waals surface area contributed by atoms with Crippen LogP contribution in [-0.2, 0) is 32.6 Å². The molecule has 4 aromatic carbocycles. The maximum Gasteiger partial charge on any atom is 0.264 e. The molecule has 1 N–H and O–H groups in total. The molecule has 0 aliphatic heterocycles. The topological polar surface area (TPSA) is 86.8 Å². The van der Waals surface area contributed by atoms with Crippen molar-refractivity contribution in [2.24, 2.45) is 0 Å². The van der Waals surface area contributed by atoms with E-state index in [1.165, 1.54) is 17.0 Å². The van der Waals surface area contributed by atoms with E-state index in [9.17, 15) is 18.0 Å². The third kappa shape index (κ3) is 8.49. The first-order chi connectivity index (χ1) is 21.1. The highest BCUT2D eigenvalue weighted by Crippen LogP contribution is 2.26. The molecule has 0 aromatic heterocycles. The van der Waals surface area contributed by atoms with Gasteiger partial charge in [0, 0.05) is 24.0 Å². The molecule has 0 heterocycles. The summed E-state index contributed by atoms with van der Waals surface area (Å²) >= 11 is 6.14. The molecule has 2 amide bonds. The Morgan fingerprint density at radius 3 is 2.09 bits per heavy atom. The average molecular weight is 632 g/mol. The van der Waals surface area contributed by atoms with Gasteiger partial charge >= 0.3 is 0 Å². The summed E-state index contributed by atoms with van der Waals surface area (Å²) in [6.07, 6.45) is 0.962. The van der Waals surface area contributed by atoms with E-state index >= 15 is 0 Å². The fraction of sp³-hybridized carbons (Fsp3) is 0.257. The number of hydrogen-bond acceptors (Lipinski definition) is 4. The summed E-state index contributed by atoms with van der Waals surface area (Å²) in [6.45, 7) is 5.32. The molecule has 2 atom stereocenters. The number of carbonyl (C=O) groups is 2. The molecule has 4 rings (SSSR count). The van der Waals surface area contributed by atoms with Gasteiger partial charge in [0.15, 0.2) is 0 Å². The van der Waals surface area contributed by atoms with Crippen LogP contribution in [0.25, 0.3) is 0 Å². The van der Waals surface area contributed by atoms with E-state index < -0.39 is 28.5 Å². The highest BCUT2D eigenvalue weighted by molar-refractivity contribution is 7.92. The van der Waals surface area contributed by atoms with Gasteiger partial charge in [-0.1, -0.05) is 91.3 Å². The Morgan fingerprint density at radius 2 is 1.48 bits per heavy atom. The Hall–Kier alpha value is -4.14. The van der Waals surface area contributed by atoms with E-state index in [4.69, 9.17) is 11.6 Å². The van der Waals surface area contributed by atoms with Crippen molar-refractivity contribution in [1.29, 1.82) is 0 Å². The molecule has 7 nitrogen and oxygen atoms in total. The van der Waals surface area contributed by atoms with Crippen LogP contribution in [0.2, 0.25) is 5.02 Å². The molecule has 0 saturated heterocycles. The minimum absolute atomic E-state index is 0.0638. The van der Waals surface area contributed by atoms with Crippen molar-refractivity contribution in [3.8, 4) is 0 Å². The van der Waals surface area contributed by atoms with Gasteiger partial charge in [-0.15, -0.1) is 0 Å². The Labute approximate surface area is 265 Å². The van der Waals surface area contributed by atoms with Crippen LogP contribution in [0.5, 0.6) is 0 Å². The van der Waals surface area contributed by atoms with Gasteiger partial charge in [-0.25, -0.2) is 8.42 Å². The van der Waals surface area contributed by atoms with Crippen molar-refractivity contribution >= 4 is 39.1 Å². The first-order valence-corrected chi connectivity index (χ1v) is 16.4. The summed E-state index contributed by atoms with van der Waals surface area (Å²) in [7, 11) is -4.14. The molecule has 0 aliphatic carbocycles. The fourth-order valence-corrected chi connectivity index (χ4v) is 6.37. The first kappa shape index (κ1) is 32.8. The number of anilines is 1. The lowest BCUT2D eigenvalue weighted by Gasteiger charge is -2.34. The summed E-state index contributed by atoms with van der Waals surface area (Å²) in [5, 5.41) is 3.59. The second-order valence-corrected chi connectivity index (χ2v) is 13.1. The molecule has 0 fully saturated rings. The summed E-state index contributed by atoms with van der Waals surface area (Å²) in [5.41, 5.74) is 2.83. The van der Waals surface area contributed by atoms with Crippen LogP contribution < -0.4 is 9.62 Å². The zero-order valence-electron chi connectivity index (χ0n) is 25.2. The highest BCUT2D eigenvalue weighted by Gasteiger charge is 2.35. The lowest BCUT2D eigenvalue weighted by atomic mass is 10.0. The second-order valence-electron chi connectivity index (χ2n) is 10.8. The summed E-state index contributed by atoms with van der Waals surface area (Å²) in [5.74, 6) is -0.820. The minimum atomic E-state index is -4.14. The molecule has 0 bridgehead atoms. The van der Waals surface area contributed by atoms with E-state index in [-0.39, 0.29) is 29.8 Å². The van der Waals surface area contributed by atoms with Gasteiger partial charge in [0.2, 0.25) is 11.8 Å². The Morgan fingerprint density at radius 1 is 0.841 bits per heavy atom. The second kappa shape index (κ2) is 15.0. The number of aryl methyl sites for hydroxylation is 1. The normalized spacial score (nSPS) is 12.6. The molecule has 0 saturated carbocycles. The maximum absolute atomic E-state index is 14.5. The van der Waals surface area contributed by atoms with E-state index in [2.05, 4.69) is 5.32 Å². The van der Waals surface area contributed by atoms with Crippen molar-refractivity contribution in [3.05, 3.63) is 131 Å². The SMILES string of the molecule is CC[C@H](C)NC(=O)[C@H](Cc1ccccc1)N(Cc1ccc(Cl)cc1)C(=O)CN(c1cccc(C)c1)S(=O)(=O)c1ccccc1. The maximum atomic E-state index is 14.5. The minimum Gasteiger partial charge on any atom is -0.352 e. The predicted octanol–water partition coefficient (Wildman–Crippen LogP) is 6.40. The van der Waals surface area contributed by atoms with Gasteiger partial charge in [-0.3, -0.25) is 13.9 Å². The van der Waals surface area contributed by atoms with E-state index in [1.807, 2.05) is 57.2 Å². The van der Waals surface area contributed by atoms with Crippen LogP contribution in [0.4, 0.5) is 5.69 Å². The Bertz CT molecular complexity index is 1650. The molecule has 44 heavy (non-hydrogen) atoms. The highest BCUT2D eigenvalue weighted by atomic mass is 35.5. The molecule has 230 valence electrons. The van der Waals surface area contributed by atoms with Crippen molar-refractivity contribution in [3.63, 3.8) is 0 Å². The Balaban J connectivity index is 1.80. The molecular formula is C35H38ClN3O4S. The fourth-order valence-electron chi connectivity index (χ4n) is 4.81. The number of nitrogens with zero attached hydrogens (tertiary/aromatic N) is 2. The first-order valence-electron chi connectivity index (χ1n) is 14.6. The quantitative estimate of drug-likeness (QED) is 0.185. The monoisotopic (exact) mass is 631 g/mol. The third-order valence-corrected chi connectivity index (χ3v) is 9.48. The lowest BCUT2D eigenvalue weighted by Crippen LogP contribution is -2.54. The van der Waals surface area contributed by atoms with Gasteiger partial charge in [-0.2, -0.15) is 0 Å². The molecule has 0 radical (unpaired) electrons. The standard InChI is InChI=1S/C35H38ClN3O4S/c1-4-27(3)37-35(41)33(23-28-13-7-5-8-14-28)38(24-29-18-20-30(36)21-19-29)34(40)25-39(31-15-11-12-26(2)22-31)44(42,43)32-16-9-6-10-17-32/h5-22,27,33H,4,23-25H2,1-3H3,(H,37,41)/t27-,33-/m0/s1. The van der Waals surface area contributed by atoms with Crippen molar-refractivity contribution < 1.29 is 18.0 Å². The average Bonchev–Trinajstić information content (AvgIpc) is 3.03. The number of benzene rings is 4. The zero-order valence-corrected chi connectivity index (χ0v) is 26.8. The van der Waals surface area contributed by atoms with Gasteiger partial charge < -0.3 is 10.2 Å². The number of carbonyl (C=O) groups excluding carboxylic acids is 2. The van der Waals surface area contributed by atoms with Crippen LogP contribution in [0.15, 0.2) is 114 Å². The smallest absolute Gasteiger partial charge is 0.264 e. The molecule has 4 aromatic rings. The molecule has 0 spiro atoms. The van der Waals surface area contributed by atoms with Crippen LogP contribution in [-0.4, -0.2) is 43.8 Å². The van der Waals surface area contributed by atoms with Crippen molar-refractivity contribution in [2.75, 3.05) is 10.8 Å². The van der Waals surface area contributed by atoms with Gasteiger partial charge in [0.1, 0.15) is 12.6 Å². The lowest BCUT2D eigenvalue weighted by molar-refractivity contribution is -0.140. The number of rotatable bonds is 13. The Kier molecular flexibility index (Phi) is 11.2. The number of amides is 2. The number of hydrogen-bond donors (Lipinski definition) is 1. The molecular weight excluding hydrogens is 594 g/mol. The van der Waals surface area contributed by atoms with Crippen LogP contribution in [0.3, 0.4) is 0 Å². The van der Waals surface area contributed by atoms with Crippen molar-refractivity contribution in [2.45, 2.75) is 57.1 Å². The predicted molar refractivity (Wildman–Crippen MR) is 176 cm³/mol. The number of sulfonamides is 1. The molecule has 9 heteroatoms. The van der Waals surface area contributed by atoms with Gasteiger partial charge in [0.05, 0.1) is 10.6 Å². The van der Waals surface area contributed by atoms with E-state index in [1.54, 1.807) is 60.7 Å². The van der Waals surface area contributed by atoms with Crippen molar-refractivity contribution in [1.82, 2.24) is 10.2 Å². The van der Waals surface area contributed by atoms with Gasteiger partial charge in [-0.05, 0) is 73.4 Å². The molecule has 0 aliphatic rings. The van der Waals surface area contributed by atoms with Gasteiger partial charge in [0.25, 0.3) is 10.0 Å². The summed E-state index contributed by atoms with van der Waals surface area (Å²) < 4.78 is 29.2. The number of halogens is 1. The summed E-state index contributed by atoms with van der Waals surface area (Å²) in [6, 6.07) is 30.6. The third-order valence-electron chi connectivity index (χ3n) is 7.44. The van der Waals surface area contributed by atoms with Crippen LogP contribution in [0, 0.1) is 6.92 Å². The van der Waals surface area contributed by atoms with Crippen LogP contribution >= 0.6 is 11.6 Å². The van der Waals surface area contributed by atoms with E-state index in [0.717, 1.165) is 21.0 Å². The number of nitrogens with one attached hydrogen (secondary N) is 1. The zero-order chi connectivity index (χ0) is 31.7. The molecule has 0 unspecified atom stereocenters. The summed E-state index contributed by atoms with van der Waals surface area (Å²) in [4.78, 5) is 29.9.